The lowest BCUT2D eigenvalue weighted by molar-refractivity contribution is 0.174. The average molecular weight is 251 g/mol. The molecule has 0 aromatic heterocycles. The van der Waals surface area contributed by atoms with Gasteiger partial charge in [0.15, 0.2) is 11.5 Å². The second-order valence-corrected chi connectivity index (χ2v) is 5.86. The molecule has 92 valence electrons. The van der Waals surface area contributed by atoms with Gasteiger partial charge in [0.1, 0.15) is 0 Å². The molecule has 0 radical (unpaired) electrons. The van der Waals surface area contributed by atoms with E-state index in [1.165, 1.54) is 24.2 Å². The Hall–Kier alpha value is -0.870. The van der Waals surface area contributed by atoms with Crippen molar-refractivity contribution in [2.75, 3.05) is 19.1 Å². The van der Waals surface area contributed by atoms with Gasteiger partial charge in [0.2, 0.25) is 6.79 Å². The maximum absolute atomic E-state index is 5.36. The highest BCUT2D eigenvalue weighted by molar-refractivity contribution is 8.00. The van der Waals surface area contributed by atoms with Crippen molar-refractivity contribution >= 4 is 11.8 Å². The second-order valence-electron chi connectivity index (χ2n) is 4.45. The SMILES string of the molecule is c1cc2c(cc1CNCC1CCCS1)OCO2. The van der Waals surface area contributed by atoms with Gasteiger partial charge in [0.05, 0.1) is 0 Å². The van der Waals surface area contributed by atoms with Gasteiger partial charge < -0.3 is 14.8 Å². The van der Waals surface area contributed by atoms with E-state index in [9.17, 15) is 0 Å². The summed E-state index contributed by atoms with van der Waals surface area (Å²) in [4.78, 5) is 0. The van der Waals surface area contributed by atoms with Crippen LogP contribution in [0, 0.1) is 0 Å². The number of rotatable bonds is 4. The fourth-order valence-electron chi connectivity index (χ4n) is 2.23. The Kier molecular flexibility index (Phi) is 3.43. The Bertz CT molecular complexity index is 391. The van der Waals surface area contributed by atoms with Crippen molar-refractivity contribution in [1.29, 1.82) is 0 Å². The summed E-state index contributed by atoms with van der Waals surface area (Å²) in [6.45, 7) is 2.37. The minimum Gasteiger partial charge on any atom is -0.454 e. The van der Waals surface area contributed by atoms with Crippen molar-refractivity contribution in [1.82, 2.24) is 5.32 Å². The molecule has 0 bridgehead atoms. The number of hydrogen-bond donors (Lipinski definition) is 1. The van der Waals surface area contributed by atoms with Crippen molar-refractivity contribution < 1.29 is 9.47 Å². The molecule has 1 fully saturated rings. The number of fused-ring (bicyclic) bond motifs is 1. The van der Waals surface area contributed by atoms with Gasteiger partial charge in [-0.1, -0.05) is 6.07 Å². The van der Waals surface area contributed by atoms with Crippen LogP contribution in [0.15, 0.2) is 18.2 Å². The van der Waals surface area contributed by atoms with Crippen molar-refractivity contribution in [2.45, 2.75) is 24.6 Å². The lowest BCUT2D eigenvalue weighted by Crippen LogP contribution is -2.22. The van der Waals surface area contributed by atoms with E-state index in [1.54, 1.807) is 0 Å². The molecule has 2 aliphatic rings. The molecule has 0 spiro atoms. The first-order valence-electron chi connectivity index (χ1n) is 6.13. The zero-order valence-corrected chi connectivity index (χ0v) is 10.6. The standard InChI is InChI=1S/C13H17NO2S/c1-2-11(17-5-1)8-14-7-10-3-4-12-13(6-10)16-9-15-12/h3-4,6,11,14H,1-2,5,7-9H2. The normalized spacial score (nSPS) is 22.0. The highest BCUT2D eigenvalue weighted by Gasteiger charge is 2.15. The number of thioether (sulfide) groups is 1. The topological polar surface area (TPSA) is 30.5 Å². The predicted molar refractivity (Wildman–Crippen MR) is 69.8 cm³/mol. The summed E-state index contributed by atoms with van der Waals surface area (Å²) in [6, 6.07) is 6.16. The number of benzene rings is 1. The maximum atomic E-state index is 5.36. The molecular formula is C13H17NO2S. The average Bonchev–Trinajstić information content (AvgIpc) is 2.98. The Morgan fingerprint density at radius 1 is 1.29 bits per heavy atom. The molecule has 4 heteroatoms. The van der Waals surface area contributed by atoms with Crippen LogP contribution in [0.3, 0.4) is 0 Å². The minimum atomic E-state index is 0.352. The summed E-state index contributed by atoms with van der Waals surface area (Å²) in [6.07, 6.45) is 2.74. The molecule has 3 nitrogen and oxygen atoms in total. The van der Waals surface area contributed by atoms with Crippen LogP contribution in [0.4, 0.5) is 0 Å². The third-order valence-corrected chi connectivity index (χ3v) is 4.56. The van der Waals surface area contributed by atoms with Crippen LogP contribution >= 0.6 is 11.8 Å². The molecular weight excluding hydrogens is 234 g/mol. The fraction of sp³-hybridized carbons (Fsp3) is 0.538. The largest absolute Gasteiger partial charge is 0.454 e. The third-order valence-electron chi connectivity index (χ3n) is 3.16. The van der Waals surface area contributed by atoms with Crippen LogP contribution in [-0.2, 0) is 6.54 Å². The van der Waals surface area contributed by atoms with Crippen LogP contribution in [0.2, 0.25) is 0 Å². The molecule has 0 saturated carbocycles. The molecule has 1 saturated heterocycles. The van der Waals surface area contributed by atoms with Crippen LogP contribution in [0.1, 0.15) is 18.4 Å². The van der Waals surface area contributed by atoms with Crippen LogP contribution in [-0.4, -0.2) is 24.3 Å². The minimum absolute atomic E-state index is 0.352. The molecule has 1 unspecified atom stereocenters. The monoisotopic (exact) mass is 251 g/mol. The third kappa shape index (κ3) is 2.69. The smallest absolute Gasteiger partial charge is 0.231 e. The van der Waals surface area contributed by atoms with E-state index in [0.717, 1.165) is 29.8 Å². The van der Waals surface area contributed by atoms with Crippen LogP contribution in [0.5, 0.6) is 11.5 Å². The molecule has 1 aromatic rings. The Labute approximate surface area is 106 Å². The predicted octanol–water partition coefficient (Wildman–Crippen LogP) is 2.40. The van der Waals surface area contributed by atoms with Gasteiger partial charge in [-0.3, -0.25) is 0 Å². The van der Waals surface area contributed by atoms with E-state index >= 15 is 0 Å². The van der Waals surface area contributed by atoms with E-state index in [2.05, 4.69) is 29.2 Å². The Balaban J connectivity index is 1.51. The van der Waals surface area contributed by atoms with Gasteiger partial charge in [-0.05, 0) is 36.3 Å². The second kappa shape index (κ2) is 5.19. The summed E-state index contributed by atoms with van der Waals surface area (Å²) < 4.78 is 10.7. The van der Waals surface area contributed by atoms with Crippen molar-refractivity contribution in [2.24, 2.45) is 0 Å². The summed E-state index contributed by atoms with van der Waals surface area (Å²) in [5, 5.41) is 4.33. The molecule has 2 heterocycles. The highest BCUT2D eigenvalue weighted by atomic mass is 32.2. The van der Waals surface area contributed by atoms with Crippen LogP contribution < -0.4 is 14.8 Å². The van der Waals surface area contributed by atoms with Gasteiger partial charge in [0, 0.05) is 18.3 Å². The molecule has 1 N–H and O–H groups in total. The van der Waals surface area contributed by atoms with Gasteiger partial charge in [0.25, 0.3) is 0 Å². The first-order chi connectivity index (χ1) is 8.42. The van der Waals surface area contributed by atoms with E-state index < -0.39 is 0 Å². The van der Waals surface area contributed by atoms with Crippen molar-refractivity contribution in [3.8, 4) is 11.5 Å². The van der Waals surface area contributed by atoms with Crippen LogP contribution in [0.25, 0.3) is 0 Å². The summed E-state index contributed by atoms with van der Waals surface area (Å²) in [5.41, 5.74) is 1.26. The molecule has 2 aliphatic heterocycles. The van der Waals surface area contributed by atoms with Gasteiger partial charge in [-0.2, -0.15) is 11.8 Å². The first-order valence-corrected chi connectivity index (χ1v) is 7.17. The number of nitrogens with one attached hydrogen (secondary N) is 1. The molecule has 17 heavy (non-hydrogen) atoms. The quantitative estimate of drug-likeness (QED) is 0.890. The summed E-state index contributed by atoms with van der Waals surface area (Å²) in [7, 11) is 0. The zero-order chi connectivity index (χ0) is 11.5. The lowest BCUT2D eigenvalue weighted by Gasteiger charge is -2.10. The molecule has 1 atom stereocenters. The Morgan fingerprint density at radius 3 is 3.12 bits per heavy atom. The Morgan fingerprint density at radius 2 is 2.24 bits per heavy atom. The fourth-order valence-corrected chi connectivity index (χ4v) is 3.47. The molecule has 3 rings (SSSR count). The molecule has 0 aliphatic carbocycles. The zero-order valence-electron chi connectivity index (χ0n) is 9.78. The van der Waals surface area contributed by atoms with Gasteiger partial charge in [-0.25, -0.2) is 0 Å². The summed E-state index contributed by atoms with van der Waals surface area (Å²) >= 11 is 2.09. The number of hydrogen-bond acceptors (Lipinski definition) is 4. The maximum Gasteiger partial charge on any atom is 0.231 e. The van der Waals surface area contributed by atoms with Gasteiger partial charge >= 0.3 is 0 Å². The number of ether oxygens (including phenoxy) is 2. The first kappa shape index (κ1) is 11.2. The molecule has 0 amide bonds. The van der Waals surface area contributed by atoms with Gasteiger partial charge in [-0.15, -0.1) is 0 Å². The van der Waals surface area contributed by atoms with Crippen molar-refractivity contribution in [3.05, 3.63) is 23.8 Å². The van der Waals surface area contributed by atoms with Crippen molar-refractivity contribution in [3.63, 3.8) is 0 Å². The lowest BCUT2D eigenvalue weighted by atomic mass is 10.2. The van der Waals surface area contributed by atoms with E-state index in [0.29, 0.717) is 6.79 Å². The van der Waals surface area contributed by atoms with E-state index in [4.69, 9.17) is 9.47 Å². The van der Waals surface area contributed by atoms with E-state index in [-0.39, 0.29) is 0 Å². The highest BCUT2D eigenvalue weighted by Crippen LogP contribution is 2.32. The summed E-state index contributed by atoms with van der Waals surface area (Å²) in [5.74, 6) is 3.07. The van der Waals surface area contributed by atoms with E-state index in [1.807, 2.05) is 6.07 Å². The molecule has 1 aromatic carbocycles.